The second-order valence-corrected chi connectivity index (χ2v) is 9.48. The fraction of sp³-hybridized carbons (Fsp3) is 0.241. The normalized spacial score (nSPS) is 14.0. The lowest BCUT2D eigenvalue weighted by molar-refractivity contribution is -0.121. The van der Waals surface area contributed by atoms with Crippen molar-refractivity contribution in [2.45, 2.75) is 38.1 Å². The van der Waals surface area contributed by atoms with Crippen LogP contribution in [-0.2, 0) is 16.0 Å². The number of aromatic nitrogens is 1. The fourth-order valence-corrected chi connectivity index (χ4v) is 4.81. The average molecular weight is 552 g/mol. The summed E-state index contributed by atoms with van der Waals surface area (Å²) in [6, 6.07) is 9.25. The van der Waals surface area contributed by atoms with Crippen molar-refractivity contribution in [1.82, 2.24) is 15.6 Å². The number of halogens is 3. The maximum atomic E-state index is 14.2. The monoisotopic (exact) mass is 551 g/mol. The first-order valence-corrected chi connectivity index (χ1v) is 12.7. The molecule has 3 amide bonds. The number of hydrogen-bond donors (Lipinski definition) is 4. The highest BCUT2D eigenvalue weighted by Crippen LogP contribution is 2.30. The molecule has 40 heavy (non-hydrogen) atoms. The highest BCUT2D eigenvalue weighted by molar-refractivity contribution is 5.94. The van der Waals surface area contributed by atoms with Crippen LogP contribution >= 0.6 is 0 Å². The molecule has 0 aliphatic heterocycles. The van der Waals surface area contributed by atoms with E-state index in [0.717, 1.165) is 37.1 Å². The van der Waals surface area contributed by atoms with Gasteiger partial charge in [0, 0.05) is 29.1 Å². The van der Waals surface area contributed by atoms with Crippen molar-refractivity contribution in [3.63, 3.8) is 0 Å². The van der Waals surface area contributed by atoms with E-state index in [1.807, 2.05) is 0 Å². The molecule has 8 nitrogen and oxygen atoms in total. The number of nitrogens with zero attached hydrogens (tertiary/aromatic N) is 1. The van der Waals surface area contributed by atoms with Gasteiger partial charge in [-0.3, -0.25) is 19.4 Å². The zero-order valence-electron chi connectivity index (χ0n) is 21.5. The van der Waals surface area contributed by atoms with Crippen LogP contribution in [0.15, 0.2) is 66.0 Å². The minimum absolute atomic E-state index is 0.0382. The zero-order chi connectivity index (χ0) is 28.8. The molecule has 2 aromatic carbocycles. The summed E-state index contributed by atoms with van der Waals surface area (Å²) in [5.74, 6) is -4.33. The summed E-state index contributed by atoms with van der Waals surface area (Å²) in [6.45, 7) is -0.190. The van der Waals surface area contributed by atoms with Gasteiger partial charge in [0.15, 0.2) is 0 Å². The molecule has 1 unspecified atom stereocenters. The Balaban J connectivity index is 1.67. The van der Waals surface area contributed by atoms with Gasteiger partial charge >= 0.3 is 0 Å². The van der Waals surface area contributed by atoms with Gasteiger partial charge in [0.05, 0.1) is 23.8 Å². The fourth-order valence-electron chi connectivity index (χ4n) is 4.81. The molecule has 3 aromatic rings. The molecule has 4 rings (SSSR count). The number of hydrogen-bond acceptors (Lipinski definition) is 5. The van der Waals surface area contributed by atoms with Crippen LogP contribution in [0, 0.1) is 17.5 Å². The summed E-state index contributed by atoms with van der Waals surface area (Å²) in [7, 11) is 0. The Morgan fingerprint density at radius 3 is 2.35 bits per heavy atom. The van der Waals surface area contributed by atoms with Gasteiger partial charge < -0.3 is 22.1 Å². The Morgan fingerprint density at radius 2 is 1.65 bits per heavy atom. The molecule has 0 saturated carbocycles. The van der Waals surface area contributed by atoms with Crippen molar-refractivity contribution in [2.24, 2.45) is 11.5 Å². The first kappa shape index (κ1) is 28.3. The molecule has 0 spiro atoms. The maximum Gasteiger partial charge on any atom is 0.251 e. The zero-order valence-corrected chi connectivity index (χ0v) is 21.5. The number of primary amides is 2. The largest absolute Gasteiger partial charge is 0.379 e. The van der Waals surface area contributed by atoms with Gasteiger partial charge in [0.1, 0.15) is 17.5 Å². The number of nitrogens with two attached hydrogens (primary N) is 2. The van der Waals surface area contributed by atoms with E-state index in [1.54, 1.807) is 12.1 Å². The lowest BCUT2D eigenvalue weighted by atomic mass is 9.94. The SMILES string of the molecule is NC(=O)C1=C(NCC(=O)NC(Cc2cc(F)cc(F)c2)c2ncccc2-c2ccc(F)c(C(N)=O)c2)CCCC1. The van der Waals surface area contributed by atoms with Crippen molar-refractivity contribution in [3.8, 4) is 11.1 Å². The Hall–Kier alpha value is -4.67. The van der Waals surface area contributed by atoms with Gasteiger partial charge in [0.2, 0.25) is 11.8 Å². The minimum atomic E-state index is -0.955. The van der Waals surface area contributed by atoms with Crippen LogP contribution in [0.25, 0.3) is 11.1 Å². The Kier molecular flexibility index (Phi) is 8.83. The molecule has 0 bridgehead atoms. The van der Waals surface area contributed by atoms with Crippen molar-refractivity contribution >= 4 is 17.7 Å². The molecule has 0 fully saturated rings. The van der Waals surface area contributed by atoms with Crippen LogP contribution in [-0.4, -0.2) is 29.3 Å². The topological polar surface area (TPSA) is 140 Å². The number of benzene rings is 2. The van der Waals surface area contributed by atoms with Gasteiger partial charge in [-0.1, -0.05) is 12.1 Å². The third kappa shape index (κ3) is 6.85. The van der Waals surface area contributed by atoms with E-state index in [4.69, 9.17) is 11.5 Å². The van der Waals surface area contributed by atoms with Gasteiger partial charge in [-0.25, -0.2) is 13.2 Å². The number of amides is 3. The van der Waals surface area contributed by atoms with Gasteiger partial charge in [-0.05, 0) is 73.6 Å². The van der Waals surface area contributed by atoms with Crippen LogP contribution in [0.5, 0.6) is 0 Å². The lowest BCUT2D eigenvalue weighted by Crippen LogP contribution is -2.38. The minimum Gasteiger partial charge on any atom is -0.379 e. The summed E-state index contributed by atoms with van der Waals surface area (Å²) in [5, 5.41) is 5.85. The molecule has 0 saturated heterocycles. The predicted molar refractivity (Wildman–Crippen MR) is 142 cm³/mol. The summed E-state index contributed by atoms with van der Waals surface area (Å²) in [4.78, 5) is 41.1. The Morgan fingerprint density at radius 1 is 0.925 bits per heavy atom. The molecular formula is C29H28F3N5O3. The van der Waals surface area contributed by atoms with Crippen LogP contribution < -0.4 is 22.1 Å². The molecule has 11 heteroatoms. The number of carbonyl (C=O) groups excluding carboxylic acids is 3. The van der Waals surface area contributed by atoms with Crippen molar-refractivity contribution in [2.75, 3.05) is 6.54 Å². The third-order valence-electron chi connectivity index (χ3n) is 6.64. The quantitative estimate of drug-likeness (QED) is 0.305. The number of pyridine rings is 1. The standard InChI is InChI=1S/C29H28F3N5O3/c30-18-10-16(11-19(31)14-18)12-25(37-26(38)15-36-24-6-2-1-4-21(24)28(33)39)27-20(5-3-9-35-27)17-7-8-23(32)22(13-17)29(34)40/h3,5,7-11,13-14,25,36H,1-2,4,6,12,15H2,(H2,33,39)(H2,34,40)(H,37,38). The molecule has 0 radical (unpaired) electrons. The lowest BCUT2D eigenvalue weighted by Gasteiger charge is -2.23. The van der Waals surface area contributed by atoms with Crippen LogP contribution in [0.2, 0.25) is 0 Å². The Bertz CT molecular complexity index is 1470. The van der Waals surface area contributed by atoms with E-state index in [-0.39, 0.29) is 24.1 Å². The summed E-state index contributed by atoms with van der Waals surface area (Å²) >= 11 is 0. The van der Waals surface area contributed by atoms with Crippen LogP contribution in [0.4, 0.5) is 13.2 Å². The molecule has 6 N–H and O–H groups in total. The van der Waals surface area contributed by atoms with E-state index in [1.165, 1.54) is 18.3 Å². The first-order valence-electron chi connectivity index (χ1n) is 12.7. The van der Waals surface area contributed by atoms with E-state index in [9.17, 15) is 27.6 Å². The number of nitrogens with one attached hydrogen (secondary N) is 2. The predicted octanol–water partition coefficient (Wildman–Crippen LogP) is 3.57. The van der Waals surface area contributed by atoms with Crippen LogP contribution in [0.3, 0.4) is 0 Å². The van der Waals surface area contributed by atoms with E-state index in [2.05, 4.69) is 15.6 Å². The number of allylic oxidation sites excluding steroid dienone is 1. The second kappa shape index (κ2) is 12.5. The van der Waals surface area contributed by atoms with Crippen molar-refractivity contribution < 1.29 is 27.6 Å². The highest BCUT2D eigenvalue weighted by atomic mass is 19.1. The Labute approximate surface area is 228 Å². The molecule has 1 atom stereocenters. The van der Waals surface area contributed by atoms with Gasteiger partial charge in [0.25, 0.3) is 5.91 Å². The van der Waals surface area contributed by atoms with Gasteiger partial charge in [-0.15, -0.1) is 0 Å². The summed E-state index contributed by atoms with van der Waals surface area (Å²) in [5.41, 5.74) is 13.0. The third-order valence-corrected chi connectivity index (χ3v) is 6.64. The molecule has 208 valence electrons. The van der Waals surface area contributed by atoms with E-state index >= 15 is 0 Å². The number of rotatable bonds is 10. The van der Waals surface area contributed by atoms with Crippen LogP contribution in [0.1, 0.15) is 53.3 Å². The van der Waals surface area contributed by atoms with Gasteiger partial charge in [-0.2, -0.15) is 0 Å². The van der Waals surface area contributed by atoms with Crippen molar-refractivity contribution in [1.29, 1.82) is 0 Å². The maximum absolute atomic E-state index is 14.2. The van der Waals surface area contributed by atoms with E-state index in [0.29, 0.717) is 40.9 Å². The molecule has 1 aliphatic carbocycles. The molecule has 1 aromatic heterocycles. The molecule has 1 heterocycles. The van der Waals surface area contributed by atoms with E-state index < -0.39 is 41.2 Å². The smallest absolute Gasteiger partial charge is 0.251 e. The summed E-state index contributed by atoms with van der Waals surface area (Å²) in [6.07, 6.45) is 4.21. The second-order valence-electron chi connectivity index (χ2n) is 9.48. The summed E-state index contributed by atoms with van der Waals surface area (Å²) < 4.78 is 42.2. The number of carbonyl (C=O) groups is 3. The molecular weight excluding hydrogens is 523 g/mol. The van der Waals surface area contributed by atoms with Crippen molar-refractivity contribution in [3.05, 3.63) is 100 Å². The average Bonchev–Trinajstić information content (AvgIpc) is 2.91. The first-order chi connectivity index (χ1) is 19.1. The molecule has 1 aliphatic rings. The highest BCUT2D eigenvalue weighted by Gasteiger charge is 2.23.